The van der Waals surface area contributed by atoms with Gasteiger partial charge in [0, 0.05) is 19.3 Å². The van der Waals surface area contributed by atoms with Crippen LogP contribution in [0.4, 0.5) is 0 Å². The number of allylic oxidation sites excluding steroid dienone is 10. The van der Waals surface area contributed by atoms with Crippen molar-refractivity contribution in [3.8, 4) is 0 Å². The first kappa shape index (κ1) is 73.1. The van der Waals surface area contributed by atoms with Crippen molar-refractivity contribution in [2.45, 2.75) is 354 Å². The summed E-state index contributed by atoms with van der Waals surface area (Å²) >= 11 is 0. The van der Waals surface area contributed by atoms with Gasteiger partial charge in [-0.15, -0.1) is 0 Å². The summed E-state index contributed by atoms with van der Waals surface area (Å²) in [5.41, 5.74) is 0. The van der Waals surface area contributed by atoms with Gasteiger partial charge in [-0.2, -0.15) is 0 Å². The van der Waals surface area contributed by atoms with E-state index in [0.717, 1.165) is 83.5 Å². The van der Waals surface area contributed by atoms with Crippen LogP contribution in [0.1, 0.15) is 348 Å². The minimum Gasteiger partial charge on any atom is -0.462 e. The Bertz CT molecular complexity index is 1360. The molecule has 0 aromatic carbocycles. The fraction of sp³-hybridized carbons (Fsp3) is 0.814. The van der Waals surface area contributed by atoms with Crippen LogP contribution in [0.3, 0.4) is 0 Å². The zero-order chi connectivity index (χ0) is 55.0. The number of esters is 3. The van der Waals surface area contributed by atoms with Crippen LogP contribution in [0, 0.1) is 0 Å². The first-order chi connectivity index (χ1) is 37.5. The molecule has 6 heteroatoms. The fourth-order valence-electron chi connectivity index (χ4n) is 9.79. The second kappa shape index (κ2) is 64.6. The summed E-state index contributed by atoms with van der Waals surface area (Å²) in [5, 5.41) is 0. The van der Waals surface area contributed by atoms with Gasteiger partial charge in [0.25, 0.3) is 0 Å². The number of hydrogen-bond acceptors (Lipinski definition) is 6. The molecule has 0 aromatic rings. The van der Waals surface area contributed by atoms with Crippen LogP contribution in [0.15, 0.2) is 60.8 Å². The van der Waals surface area contributed by atoms with Crippen molar-refractivity contribution >= 4 is 17.9 Å². The van der Waals surface area contributed by atoms with Gasteiger partial charge >= 0.3 is 17.9 Å². The number of unbranched alkanes of at least 4 members (excludes halogenated alkanes) is 40. The van der Waals surface area contributed by atoms with Crippen LogP contribution in [0.25, 0.3) is 0 Å². The zero-order valence-electron chi connectivity index (χ0n) is 50.8. The van der Waals surface area contributed by atoms with Gasteiger partial charge in [0.15, 0.2) is 6.10 Å². The lowest BCUT2D eigenvalue weighted by molar-refractivity contribution is -0.167. The predicted molar refractivity (Wildman–Crippen MR) is 330 cm³/mol. The SMILES string of the molecule is CC/C=C\C/C=C\C/C=C\C/C=C\CCCCC(=O)OC(COC(=O)CCCCCCC/C=C\CCCCCCCC)COC(=O)CCCCCCCCCCCCCCCCCCCCCCCCCCCCCC. The molecule has 0 rings (SSSR count). The lowest BCUT2D eigenvalue weighted by Crippen LogP contribution is -2.30. The molecule has 0 aliphatic carbocycles. The van der Waals surface area contributed by atoms with Gasteiger partial charge in [0.05, 0.1) is 0 Å². The maximum Gasteiger partial charge on any atom is 0.306 e. The molecule has 0 aromatic heterocycles. The summed E-state index contributed by atoms with van der Waals surface area (Å²) in [6, 6.07) is 0. The average Bonchev–Trinajstić information content (AvgIpc) is 3.42. The molecule has 0 bridgehead atoms. The lowest BCUT2D eigenvalue weighted by Gasteiger charge is -2.18. The number of carbonyl (C=O) groups is 3. The van der Waals surface area contributed by atoms with Crippen LogP contribution in [0.5, 0.6) is 0 Å². The third-order valence-corrected chi connectivity index (χ3v) is 14.8. The normalized spacial score (nSPS) is 12.4. The number of ether oxygens (including phenoxy) is 3. The van der Waals surface area contributed by atoms with E-state index in [9.17, 15) is 14.4 Å². The smallest absolute Gasteiger partial charge is 0.306 e. The van der Waals surface area contributed by atoms with E-state index in [4.69, 9.17) is 14.2 Å². The van der Waals surface area contributed by atoms with E-state index < -0.39 is 6.10 Å². The van der Waals surface area contributed by atoms with Crippen molar-refractivity contribution in [1.82, 2.24) is 0 Å². The molecule has 0 saturated carbocycles. The molecule has 6 nitrogen and oxygen atoms in total. The molecule has 0 radical (unpaired) electrons. The summed E-state index contributed by atoms with van der Waals surface area (Å²) < 4.78 is 16.9. The van der Waals surface area contributed by atoms with Crippen LogP contribution in [-0.2, 0) is 28.6 Å². The maximum atomic E-state index is 12.9. The molecule has 0 spiro atoms. The van der Waals surface area contributed by atoms with Crippen molar-refractivity contribution in [3.05, 3.63) is 60.8 Å². The van der Waals surface area contributed by atoms with Gasteiger partial charge in [-0.1, -0.05) is 306 Å². The second-order valence-corrected chi connectivity index (χ2v) is 22.4. The Labute approximate surface area is 472 Å². The van der Waals surface area contributed by atoms with Gasteiger partial charge in [-0.3, -0.25) is 14.4 Å². The predicted octanol–water partition coefficient (Wildman–Crippen LogP) is 22.7. The lowest BCUT2D eigenvalue weighted by atomic mass is 10.0. The van der Waals surface area contributed by atoms with Gasteiger partial charge < -0.3 is 14.2 Å². The summed E-state index contributed by atoms with van der Waals surface area (Å²) in [6.07, 6.45) is 82.6. The Kier molecular flexibility index (Phi) is 62.2. The van der Waals surface area contributed by atoms with Crippen molar-refractivity contribution in [2.24, 2.45) is 0 Å². The molecular weight excluding hydrogens is 937 g/mol. The zero-order valence-corrected chi connectivity index (χ0v) is 50.8. The Hall–Kier alpha value is -2.89. The Morgan fingerprint density at radius 2 is 0.513 bits per heavy atom. The Balaban J connectivity index is 4.23. The van der Waals surface area contributed by atoms with Crippen molar-refractivity contribution in [3.63, 3.8) is 0 Å². The van der Waals surface area contributed by atoms with Crippen molar-refractivity contribution in [2.75, 3.05) is 13.2 Å². The van der Waals surface area contributed by atoms with Crippen LogP contribution in [0.2, 0.25) is 0 Å². The van der Waals surface area contributed by atoms with Gasteiger partial charge in [0.2, 0.25) is 0 Å². The largest absolute Gasteiger partial charge is 0.462 e. The minimum atomic E-state index is -0.799. The monoisotopic (exact) mass is 1060 g/mol. The topological polar surface area (TPSA) is 78.9 Å². The fourth-order valence-corrected chi connectivity index (χ4v) is 9.79. The molecule has 76 heavy (non-hydrogen) atoms. The van der Waals surface area contributed by atoms with E-state index in [1.165, 1.54) is 218 Å². The molecule has 0 amide bonds. The number of hydrogen-bond donors (Lipinski definition) is 0. The number of rotatable bonds is 61. The van der Waals surface area contributed by atoms with Gasteiger partial charge in [0.1, 0.15) is 13.2 Å². The molecule has 1 atom stereocenters. The molecule has 1 unspecified atom stereocenters. The summed E-state index contributed by atoms with van der Waals surface area (Å²) in [4.78, 5) is 38.3. The highest BCUT2D eigenvalue weighted by Gasteiger charge is 2.19. The maximum absolute atomic E-state index is 12.9. The number of carbonyl (C=O) groups excluding carboxylic acids is 3. The molecule has 0 aliphatic heterocycles. The highest BCUT2D eigenvalue weighted by molar-refractivity contribution is 5.71. The van der Waals surface area contributed by atoms with E-state index in [1.54, 1.807) is 0 Å². The average molecular weight is 1060 g/mol. The third-order valence-electron chi connectivity index (χ3n) is 14.8. The third kappa shape index (κ3) is 62.0. The van der Waals surface area contributed by atoms with E-state index in [1.807, 2.05) is 0 Å². The molecule has 0 heterocycles. The van der Waals surface area contributed by atoms with Crippen LogP contribution < -0.4 is 0 Å². The van der Waals surface area contributed by atoms with Gasteiger partial charge in [-0.25, -0.2) is 0 Å². The summed E-state index contributed by atoms with van der Waals surface area (Å²) in [6.45, 7) is 6.53. The molecule has 0 aliphatic rings. The first-order valence-electron chi connectivity index (χ1n) is 33.3. The minimum absolute atomic E-state index is 0.0905. The molecular formula is C70H126O6. The van der Waals surface area contributed by atoms with Crippen molar-refractivity contribution < 1.29 is 28.6 Å². The van der Waals surface area contributed by atoms with E-state index in [0.29, 0.717) is 19.3 Å². The van der Waals surface area contributed by atoms with E-state index >= 15 is 0 Å². The molecule has 0 saturated heterocycles. The first-order valence-corrected chi connectivity index (χ1v) is 33.3. The standard InChI is InChI=1S/C70H126O6/c1-4-7-10-13-16-19-22-25-28-29-30-31-32-33-34-35-36-37-38-39-40-43-45-48-51-54-57-60-63-69(72)75-66-67(76-70(73)64-61-58-55-52-49-46-42-27-24-21-18-15-12-9-6-3)65-74-68(71)62-59-56-53-50-47-44-41-26-23-20-17-14-11-8-5-2/h9,12,18,21,26-27,41-42,49,52,67H,4-8,10-11,13-17,19-20,22-25,28-40,43-48,50-51,53-66H2,1-3H3/b12-9-,21-18-,41-26-,42-27-,52-49-. The quantitative estimate of drug-likeness (QED) is 0.0261. The molecule has 0 N–H and O–H groups in total. The Morgan fingerprint density at radius 1 is 0.276 bits per heavy atom. The Morgan fingerprint density at radius 3 is 0.842 bits per heavy atom. The highest BCUT2D eigenvalue weighted by atomic mass is 16.6. The van der Waals surface area contributed by atoms with Gasteiger partial charge in [-0.05, 0) is 83.5 Å². The van der Waals surface area contributed by atoms with Crippen LogP contribution >= 0.6 is 0 Å². The molecule has 0 fully saturated rings. The van der Waals surface area contributed by atoms with E-state index in [2.05, 4.69) is 81.5 Å². The van der Waals surface area contributed by atoms with E-state index in [-0.39, 0.29) is 37.5 Å². The van der Waals surface area contributed by atoms with Crippen molar-refractivity contribution in [1.29, 1.82) is 0 Å². The summed E-state index contributed by atoms with van der Waals surface area (Å²) in [7, 11) is 0. The van der Waals surface area contributed by atoms with Crippen LogP contribution in [-0.4, -0.2) is 37.2 Å². The summed E-state index contributed by atoms with van der Waals surface area (Å²) in [5.74, 6) is -0.924. The second-order valence-electron chi connectivity index (χ2n) is 22.4. The highest BCUT2D eigenvalue weighted by Crippen LogP contribution is 2.18. The molecule has 442 valence electrons.